The summed E-state index contributed by atoms with van der Waals surface area (Å²) in [6.45, 7) is 5.41. The first-order valence-electron chi connectivity index (χ1n) is 6.85. The minimum absolute atomic E-state index is 0.0621. The van der Waals surface area contributed by atoms with Crippen molar-refractivity contribution in [3.05, 3.63) is 24.3 Å². The highest BCUT2D eigenvalue weighted by atomic mass is 32.2. The molecule has 0 spiro atoms. The van der Waals surface area contributed by atoms with Gasteiger partial charge in [-0.15, -0.1) is 11.8 Å². The molecule has 1 heterocycles. The number of benzene rings is 1. The number of hydrogen-bond donors (Lipinski definition) is 1. The average Bonchev–Trinajstić information content (AvgIpc) is 2.88. The van der Waals surface area contributed by atoms with Crippen molar-refractivity contribution in [1.29, 1.82) is 0 Å². The predicted molar refractivity (Wildman–Crippen MR) is 90.1 cm³/mol. The number of rotatable bonds is 6. The van der Waals surface area contributed by atoms with Crippen molar-refractivity contribution in [2.45, 2.75) is 31.9 Å². The Morgan fingerprint density at radius 1 is 1.33 bits per heavy atom. The average molecular weight is 322 g/mol. The first-order valence-corrected chi connectivity index (χ1v) is 8.65. The van der Waals surface area contributed by atoms with Crippen LogP contribution in [0.5, 0.6) is 0 Å². The Bertz CT molecular complexity index is 635. The van der Waals surface area contributed by atoms with Gasteiger partial charge in [0.1, 0.15) is 0 Å². The number of Topliss-reactive ketones (excluding diaryl/α,β-unsaturated/α-hetero) is 1. The van der Waals surface area contributed by atoms with Gasteiger partial charge in [0.05, 0.1) is 10.2 Å². The zero-order valence-corrected chi connectivity index (χ0v) is 13.9. The van der Waals surface area contributed by atoms with Gasteiger partial charge in [0.25, 0.3) is 0 Å². The van der Waals surface area contributed by atoms with Crippen LogP contribution < -0.4 is 5.32 Å². The lowest BCUT2D eigenvalue weighted by atomic mass is 10.0. The monoisotopic (exact) mass is 322 g/mol. The third-order valence-electron chi connectivity index (χ3n) is 3.23. The number of carbonyl (C=O) groups excluding carboxylic acids is 2. The molecule has 4 nitrogen and oxygen atoms in total. The van der Waals surface area contributed by atoms with E-state index in [1.807, 2.05) is 31.2 Å². The van der Waals surface area contributed by atoms with Crippen LogP contribution in [0.25, 0.3) is 10.2 Å². The van der Waals surface area contributed by atoms with Crippen molar-refractivity contribution in [2.75, 3.05) is 11.1 Å². The number of anilines is 1. The molecular formula is C15H18N2O2S2. The second kappa shape index (κ2) is 6.58. The lowest BCUT2D eigenvalue weighted by Crippen LogP contribution is -2.44. The summed E-state index contributed by atoms with van der Waals surface area (Å²) in [5.74, 6) is 0.350. The number of nitrogens with zero attached hydrogens (tertiary/aromatic N) is 1. The summed E-state index contributed by atoms with van der Waals surface area (Å²) in [6.07, 6.45) is 0.344. The zero-order valence-electron chi connectivity index (χ0n) is 12.3. The number of hydrogen-bond acceptors (Lipinski definition) is 5. The molecule has 2 aromatic rings. The van der Waals surface area contributed by atoms with Crippen molar-refractivity contribution >= 4 is 50.1 Å². The molecule has 0 aliphatic rings. The van der Waals surface area contributed by atoms with Crippen LogP contribution in [-0.2, 0) is 9.59 Å². The van der Waals surface area contributed by atoms with Crippen LogP contribution in [0, 0.1) is 0 Å². The highest BCUT2D eigenvalue weighted by molar-refractivity contribution is 8.02. The van der Waals surface area contributed by atoms with Crippen LogP contribution in [-0.4, -0.2) is 27.2 Å². The van der Waals surface area contributed by atoms with Crippen molar-refractivity contribution in [2.24, 2.45) is 0 Å². The molecule has 0 aliphatic heterocycles. The number of aromatic nitrogens is 1. The van der Waals surface area contributed by atoms with Crippen LogP contribution in [0.4, 0.5) is 5.13 Å². The molecule has 1 aromatic heterocycles. The number of fused-ring (bicyclic) bond motifs is 1. The van der Waals surface area contributed by atoms with Gasteiger partial charge in [-0.25, -0.2) is 4.98 Å². The molecule has 0 aliphatic carbocycles. The van der Waals surface area contributed by atoms with E-state index in [2.05, 4.69) is 10.3 Å². The van der Waals surface area contributed by atoms with Gasteiger partial charge in [-0.3, -0.25) is 9.59 Å². The second-order valence-corrected chi connectivity index (χ2v) is 7.40. The first-order chi connectivity index (χ1) is 10.0. The van der Waals surface area contributed by atoms with Gasteiger partial charge < -0.3 is 5.32 Å². The number of carbonyl (C=O) groups is 2. The van der Waals surface area contributed by atoms with E-state index in [9.17, 15) is 9.59 Å². The highest BCUT2D eigenvalue weighted by Crippen LogP contribution is 2.31. The minimum atomic E-state index is -1.05. The summed E-state index contributed by atoms with van der Waals surface area (Å²) in [6, 6.07) is 7.70. The fourth-order valence-corrected chi connectivity index (χ4v) is 3.97. The summed E-state index contributed by atoms with van der Waals surface area (Å²) in [4.78, 5) is 29.0. The molecular weight excluding hydrogens is 304 g/mol. The van der Waals surface area contributed by atoms with E-state index in [-0.39, 0.29) is 11.7 Å². The fourth-order valence-electron chi connectivity index (χ4n) is 2.04. The molecule has 1 N–H and O–H groups in total. The number of thioether (sulfide) groups is 1. The third kappa shape index (κ3) is 3.27. The van der Waals surface area contributed by atoms with Gasteiger partial charge in [-0.1, -0.05) is 37.3 Å². The third-order valence-corrected chi connectivity index (χ3v) is 5.46. The largest absolute Gasteiger partial charge is 0.300 e. The smallest absolute Gasteiger partial charge is 0.249 e. The molecule has 0 fully saturated rings. The van der Waals surface area contributed by atoms with E-state index in [0.717, 1.165) is 10.2 Å². The van der Waals surface area contributed by atoms with Gasteiger partial charge in [0.15, 0.2) is 15.7 Å². The fraction of sp³-hybridized carbons (Fsp3) is 0.400. The maximum absolute atomic E-state index is 12.5. The van der Waals surface area contributed by atoms with E-state index in [0.29, 0.717) is 17.3 Å². The summed E-state index contributed by atoms with van der Waals surface area (Å²) in [7, 11) is 0. The topological polar surface area (TPSA) is 59.1 Å². The molecule has 1 aromatic carbocycles. The lowest BCUT2D eigenvalue weighted by Gasteiger charge is -2.24. The summed E-state index contributed by atoms with van der Waals surface area (Å²) in [5.41, 5.74) is 0.851. The van der Waals surface area contributed by atoms with Crippen LogP contribution in [0.1, 0.15) is 27.2 Å². The second-order valence-electron chi connectivity index (χ2n) is 4.68. The molecule has 6 heteroatoms. The molecule has 21 heavy (non-hydrogen) atoms. The Balaban J connectivity index is 2.23. The summed E-state index contributed by atoms with van der Waals surface area (Å²) >= 11 is 2.78. The highest BCUT2D eigenvalue weighted by Gasteiger charge is 2.40. The SMILES string of the molecule is CCSC(C)(C(=O)CC)C(=O)Nc1nc2ccccc2s1. The molecule has 0 saturated heterocycles. The Hall–Kier alpha value is -1.40. The van der Waals surface area contributed by atoms with Crippen LogP contribution in [0.3, 0.4) is 0 Å². The summed E-state index contributed by atoms with van der Waals surface area (Å²) in [5, 5.41) is 3.33. The van der Waals surface area contributed by atoms with Crippen molar-refractivity contribution in [1.82, 2.24) is 4.98 Å². The van der Waals surface area contributed by atoms with Crippen LogP contribution in [0.2, 0.25) is 0 Å². The van der Waals surface area contributed by atoms with E-state index in [1.165, 1.54) is 23.1 Å². The number of para-hydroxylation sites is 1. The van der Waals surface area contributed by atoms with Crippen LogP contribution in [0.15, 0.2) is 24.3 Å². The number of nitrogens with one attached hydrogen (secondary N) is 1. The molecule has 112 valence electrons. The van der Waals surface area contributed by atoms with Crippen molar-refractivity contribution in [3.8, 4) is 0 Å². The van der Waals surface area contributed by atoms with E-state index >= 15 is 0 Å². The standard InChI is InChI=1S/C15H18N2O2S2/c1-4-12(18)15(3,20-5-2)13(19)17-14-16-10-8-6-7-9-11(10)21-14/h6-9H,4-5H2,1-3H3,(H,16,17,19). The van der Waals surface area contributed by atoms with Crippen molar-refractivity contribution < 1.29 is 9.59 Å². The lowest BCUT2D eigenvalue weighted by molar-refractivity contribution is -0.128. The molecule has 0 radical (unpaired) electrons. The maximum Gasteiger partial charge on any atom is 0.249 e. The van der Waals surface area contributed by atoms with Crippen molar-refractivity contribution in [3.63, 3.8) is 0 Å². The maximum atomic E-state index is 12.5. The molecule has 0 saturated carbocycles. The van der Waals surface area contributed by atoms with Gasteiger partial charge in [0, 0.05) is 6.42 Å². The predicted octanol–water partition coefficient (Wildman–Crippen LogP) is 3.73. The number of thiazole rings is 1. The minimum Gasteiger partial charge on any atom is -0.300 e. The normalized spacial score (nSPS) is 13.9. The van der Waals surface area contributed by atoms with Gasteiger partial charge in [-0.05, 0) is 24.8 Å². The Kier molecular flexibility index (Phi) is 5.00. The van der Waals surface area contributed by atoms with Gasteiger partial charge >= 0.3 is 0 Å². The Morgan fingerprint density at radius 2 is 2.05 bits per heavy atom. The quantitative estimate of drug-likeness (QED) is 0.823. The van der Waals surface area contributed by atoms with E-state index in [1.54, 1.807) is 13.8 Å². The molecule has 0 bridgehead atoms. The van der Waals surface area contributed by atoms with E-state index in [4.69, 9.17) is 0 Å². The Labute approximate surface area is 132 Å². The molecule has 1 atom stereocenters. The molecule has 1 unspecified atom stereocenters. The first kappa shape index (κ1) is 16.0. The van der Waals surface area contributed by atoms with Crippen LogP contribution >= 0.6 is 23.1 Å². The van der Waals surface area contributed by atoms with Gasteiger partial charge in [-0.2, -0.15) is 0 Å². The number of ketones is 1. The Morgan fingerprint density at radius 3 is 2.67 bits per heavy atom. The molecule has 1 amide bonds. The molecule has 2 rings (SSSR count). The van der Waals surface area contributed by atoms with Gasteiger partial charge in [0.2, 0.25) is 5.91 Å². The zero-order chi connectivity index (χ0) is 15.5. The van der Waals surface area contributed by atoms with E-state index < -0.39 is 4.75 Å². The number of amides is 1. The summed E-state index contributed by atoms with van der Waals surface area (Å²) < 4.78 is -0.0408.